The van der Waals surface area contributed by atoms with Gasteiger partial charge in [-0.1, -0.05) is 36.4 Å². The zero-order chi connectivity index (χ0) is 17.5. The maximum Gasteiger partial charge on any atom is 0.136 e. The first kappa shape index (κ1) is 16.0. The van der Waals surface area contributed by atoms with E-state index >= 15 is 0 Å². The highest BCUT2D eigenvalue weighted by Crippen LogP contribution is 2.33. The van der Waals surface area contributed by atoms with Crippen molar-refractivity contribution >= 4 is 10.8 Å². The van der Waals surface area contributed by atoms with Crippen LogP contribution in [0.3, 0.4) is 0 Å². The molecule has 0 saturated carbocycles. The molecule has 4 nitrogen and oxygen atoms in total. The summed E-state index contributed by atoms with van der Waals surface area (Å²) in [5.74, 6) is 3.02. The molecule has 3 aromatic rings. The van der Waals surface area contributed by atoms with Crippen molar-refractivity contribution in [1.29, 1.82) is 0 Å². The average molecular weight is 346 g/mol. The molecular weight excluding hydrogens is 320 g/mol. The van der Waals surface area contributed by atoms with Crippen LogP contribution in [0.25, 0.3) is 10.8 Å². The number of hydrogen-bond donors (Lipinski definition) is 0. The molecule has 1 aromatic heterocycles. The number of aromatic nitrogens is 3. The molecule has 0 aliphatic carbocycles. The quantitative estimate of drug-likeness (QED) is 0.708. The van der Waals surface area contributed by atoms with Gasteiger partial charge in [0, 0.05) is 24.9 Å². The summed E-state index contributed by atoms with van der Waals surface area (Å²) in [7, 11) is 0. The first-order valence-corrected chi connectivity index (χ1v) is 9.94. The fourth-order valence-electron chi connectivity index (χ4n) is 4.70. The van der Waals surface area contributed by atoms with E-state index in [-0.39, 0.29) is 0 Å². The molecular formula is C22H26N4. The number of aryl methyl sites for hydroxylation is 1. The highest BCUT2D eigenvalue weighted by atomic mass is 15.3. The van der Waals surface area contributed by atoms with E-state index in [0.29, 0.717) is 12.0 Å². The average Bonchev–Trinajstić information content (AvgIpc) is 3.31. The van der Waals surface area contributed by atoms with Gasteiger partial charge in [-0.3, -0.25) is 4.90 Å². The monoisotopic (exact) mass is 346 g/mol. The Morgan fingerprint density at radius 2 is 1.77 bits per heavy atom. The van der Waals surface area contributed by atoms with Crippen molar-refractivity contribution in [3.63, 3.8) is 0 Å². The van der Waals surface area contributed by atoms with E-state index in [2.05, 4.69) is 69.1 Å². The molecule has 0 bridgehead atoms. The molecule has 0 radical (unpaired) electrons. The van der Waals surface area contributed by atoms with Crippen molar-refractivity contribution in [1.82, 2.24) is 19.7 Å². The molecule has 2 aliphatic heterocycles. The molecule has 0 N–H and O–H groups in total. The minimum atomic E-state index is 0.463. The summed E-state index contributed by atoms with van der Waals surface area (Å²) in [6.07, 6.45) is 4.71. The fourth-order valence-corrected chi connectivity index (χ4v) is 4.70. The van der Waals surface area contributed by atoms with Crippen LogP contribution >= 0.6 is 0 Å². The van der Waals surface area contributed by atoms with Crippen molar-refractivity contribution in [2.45, 2.75) is 51.1 Å². The highest BCUT2D eigenvalue weighted by Gasteiger charge is 2.29. The third-order valence-electron chi connectivity index (χ3n) is 6.34. The van der Waals surface area contributed by atoms with Gasteiger partial charge in [0.05, 0.1) is 0 Å². The Kier molecular flexibility index (Phi) is 4.01. The van der Waals surface area contributed by atoms with Gasteiger partial charge in [-0.15, -0.1) is 10.2 Å². The van der Waals surface area contributed by atoms with Crippen molar-refractivity contribution in [2.24, 2.45) is 0 Å². The Morgan fingerprint density at radius 3 is 2.62 bits per heavy atom. The summed E-state index contributed by atoms with van der Waals surface area (Å²) < 4.78 is 2.38. The molecule has 5 rings (SSSR count). The third kappa shape index (κ3) is 2.73. The van der Waals surface area contributed by atoms with E-state index in [9.17, 15) is 0 Å². The summed E-state index contributed by atoms with van der Waals surface area (Å²) in [6.45, 7) is 5.74. The maximum absolute atomic E-state index is 4.52. The second-order valence-electron chi connectivity index (χ2n) is 7.82. The summed E-state index contributed by atoms with van der Waals surface area (Å²) in [5.41, 5.74) is 1.42. The minimum absolute atomic E-state index is 0.463. The van der Waals surface area contributed by atoms with Crippen LogP contribution in [-0.4, -0.2) is 32.8 Å². The zero-order valence-electron chi connectivity index (χ0n) is 15.4. The molecule has 0 spiro atoms. The predicted octanol–water partition coefficient (Wildman–Crippen LogP) is 4.32. The number of hydrogen-bond acceptors (Lipinski definition) is 3. The number of piperidine rings is 1. The van der Waals surface area contributed by atoms with Crippen LogP contribution in [0.15, 0.2) is 42.5 Å². The predicted molar refractivity (Wildman–Crippen MR) is 104 cm³/mol. The molecule has 3 heterocycles. The zero-order valence-corrected chi connectivity index (χ0v) is 15.4. The SMILES string of the molecule is CC(c1ccc2ccccc2c1)N1CCC(c2nnc3n2CCC3)CC1. The van der Waals surface area contributed by atoms with Crippen LogP contribution in [0.4, 0.5) is 0 Å². The van der Waals surface area contributed by atoms with Gasteiger partial charge < -0.3 is 4.57 Å². The van der Waals surface area contributed by atoms with Crippen LogP contribution in [0.5, 0.6) is 0 Å². The topological polar surface area (TPSA) is 34.0 Å². The molecule has 2 aromatic carbocycles. The molecule has 1 atom stereocenters. The lowest BCUT2D eigenvalue weighted by Gasteiger charge is -2.36. The van der Waals surface area contributed by atoms with E-state index in [4.69, 9.17) is 0 Å². The van der Waals surface area contributed by atoms with Gasteiger partial charge in [-0.2, -0.15) is 0 Å². The fraction of sp³-hybridized carbons (Fsp3) is 0.455. The molecule has 1 fully saturated rings. The van der Waals surface area contributed by atoms with E-state index in [0.717, 1.165) is 26.1 Å². The Morgan fingerprint density at radius 1 is 0.962 bits per heavy atom. The second-order valence-corrected chi connectivity index (χ2v) is 7.82. The van der Waals surface area contributed by atoms with E-state index in [1.165, 1.54) is 47.2 Å². The van der Waals surface area contributed by atoms with Crippen LogP contribution < -0.4 is 0 Å². The summed E-state index contributed by atoms with van der Waals surface area (Å²) >= 11 is 0. The van der Waals surface area contributed by atoms with Crippen molar-refractivity contribution in [2.75, 3.05) is 13.1 Å². The molecule has 2 aliphatic rings. The second kappa shape index (κ2) is 6.51. The lowest BCUT2D eigenvalue weighted by Crippen LogP contribution is -2.35. The van der Waals surface area contributed by atoms with Gasteiger partial charge in [0.1, 0.15) is 11.6 Å². The number of rotatable bonds is 3. The minimum Gasteiger partial charge on any atom is -0.315 e. The van der Waals surface area contributed by atoms with Gasteiger partial charge in [-0.25, -0.2) is 0 Å². The first-order valence-electron chi connectivity index (χ1n) is 9.94. The maximum atomic E-state index is 4.52. The highest BCUT2D eigenvalue weighted by molar-refractivity contribution is 5.83. The van der Waals surface area contributed by atoms with E-state index in [1.54, 1.807) is 0 Å². The lowest BCUT2D eigenvalue weighted by atomic mass is 9.93. The van der Waals surface area contributed by atoms with Gasteiger partial charge in [0.25, 0.3) is 0 Å². The molecule has 26 heavy (non-hydrogen) atoms. The first-order chi connectivity index (χ1) is 12.8. The molecule has 0 amide bonds. The summed E-state index contributed by atoms with van der Waals surface area (Å²) in [5, 5.41) is 11.6. The number of fused-ring (bicyclic) bond motifs is 2. The van der Waals surface area contributed by atoms with Crippen molar-refractivity contribution in [3.8, 4) is 0 Å². The number of likely N-dealkylation sites (tertiary alicyclic amines) is 1. The molecule has 1 saturated heterocycles. The number of nitrogens with zero attached hydrogens (tertiary/aromatic N) is 4. The van der Waals surface area contributed by atoms with Crippen LogP contribution in [-0.2, 0) is 13.0 Å². The van der Waals surface area contributed by atoms with Gasteiger partial charge >= 0.3 is 0 Å². The van der Waals surface area contributed by atoms with E-state index < -0.39 is 0 Å². The van der Waals surface area contributed by atoms with Gasteiger partial charge in [-0.05, 0) is 61.7 Å². The van der Waals surface area contributed by atoms with Crippen LogP contribution in [0.1, 0.15) is 55.4 Å². The summed E-state index contributed by atoms with van der Waals surface area (Å²) in [4.78, 5) is 2.63. The lowest BCUT2D eigenvalue weighted by molar-refractivity contribution is 0.159. The Bertz CT molecular complexity index is 921. The Labute approximate surface area is 154 Å². The van der Waals surface area contributed by atoms with Gasteiger partial charge in [0.2, 0.25) is 0 Å². The molecule has 1 unspecified atom stereocenters. The number of benzene rings is 2. The van der Waals surface area contributed by atoms with Gasteiger partial charge in [0.15, 0.2) is 0 Å². The van der Waals surface area contributed by atoms with Crippen molar-refractivity contribution < 1.29 is 0 Å². The Hall–Kier alpha value is -2.20. The standard InChI is InChI=1S/C22H26N4/c1-16(19-9-8-17-5-2-3-6-20(17)15-19)25-13-10-18(11-14-25)22-24-23-21-7-4-12-26(21)22/h2-3,5-6,8-9,15-16,18H,4,7,10-14H2,1H3. The van der Waals surface area contributed by atoms with Crippen LogP contribution in [0, 0.1) is 0 Å². The molecule has 4 heteroatoms. The summed E-state index contributed by atoms with van der Waals surface area (Å²) in [6, 6.07) is 16.0. The van der Waals surface area contributed by atoms with E-state index in [1.807, 2.05) is 0 Å². The smallest absolute Gasteiger partial charge is 0.136 e. The Balaban J connectivity index is 1.29. The normalized spacial score (nSPS) is 19.7. The largest absolute Gasteiger partial charge is 0.315 e. The third-order valence-corrected chi connectivity index (χ3v) is 6.34. The van der Waals surface area contributed by atoms with Crippen LogP contribution in [0.2, 0.25) is 0 Å². The van der Waals surface area contributed by atoms with Crippen molar-refractivity contribution in [3.05, 3.63) is 59.7 Å². The molecule has 134 valence electrons.